The molecule has 0 spiro atoms. The van der Waals surface area contributed by atoms with Gasteiger partial charge in [0.2, 0.25) is 0 Å². The molecule has 23 heavy (non-hydrogen) atoms. The molecule has 3 heterocycles. The third-order valence-corrected chi connectivity index (χ3v) is 4.31. The van der Waals surface area contributed by atoms with Gasteiger partial charge in [-0.25, -0.2) is 4.98 Å². The van der Waals surface area contributed by atoms with E-state index in [1.165, 1.54) is 10.8 Å². The number of ether oxygens (including phenoxy) is 1. The number of hydrogen-bond donors (Lipinski definition) is 0. The smallest absolute Gasteiger partial charge is 0.128 e. The number of pyridine rings is 2. The highest BCUT2D eigenvalue weighted by Gasteiger charge is 2.12. The predicted octanol–water partition coefficient (Wildman–Crippen LogP) is 3.44. The fourth-order valence-electron chi connectivity index (χ4n) is 3.04. The van der Waals surface area contributed by atoms with Crippen molar-refractivity contribution in [2.75, 3.05) is 31.2 Å². The Bertz CT molecular complexity index is 824. The maximum absolute atomic E-state index is 5.39. The first-order valence-corrected chi connectivity index (χ1v) is 7.97. The largest absolute Gasteiger partial charge is 0.378 e. The van der Waals surface area contributed by atoms with E-state index in [-0.39, 0.29) is 0 Å². The number of rotatable bonds is 2. The molecule has 0 aliphatic carbocycles. The van der Waals surface area contributed by atoms with Crippen LogP contribution in [0.4, 0.5) is 5.82 Å². The molecule has 0 atom stereocenters. The summed E-state index contributed by atoms with van der Waals surface area (Å²) >= 11 is 0. The molecule has 0 amide bonds. The molecular formula is C19H19N3O. The topological polar surface area (TPSA) is 38.2 Å². The van der Waals surface area contributed by atoms with Crippen LogP contribution < -0.4 is 4.90 Å². The summed E-state index contributed by atoms with van der Waals surface area (Å²) in [5, 5.41) is 2.42. The van der Waals surface area contributed by atoms with Crippen LogP contribution in [0, 0.1) is 6.92 Å². The van der Waals surface area contributed by atoms with Crippen molar-refractivity contribution >= 4 is 16.6 Å². The summed E-state index contributed by atoms with van der Waals surface area (Å²) in [6, 6.07) is 14.7. The molecule has 1 aliphatic heterocycles. The van der Waals surface area contributed by atoms with E-state index in [4.69, 9.17) is 9.72 Å². The first kappa shape index (κ1) is 14.2. The van der Waals surface area contributed by atoms with Gasteiger partial charge in [-0.2, -0.15) is 0 Å². The van der Waals surface area contributed by atoms with Crippen LogP contribution in [-0.2, 0) is 4.74 Å². The lowest BCUT2D eigenvalue weighted by atomic mass is 10.1. The number of benzene rings is 1. The van der Waals surface area contributed by atoms with Crippen molar-refractivity contribution in [1.82, 2.24) is 9.97 Å². The van der Waals surface area contributed by atoms with Crippen LogP contribution in [0.2, 0.25) is 0 Å². The van der Waals surface area contributed by atoms with Crippen LogP contribution in [0.25, 0.3) is 22.0 Å². The van der Waals surface area contributed by atoms with Crippen molar-refractivity contribution in [1.29, 1.82) is 0 Å². The number of anilines is 1. The number of aromatic nitrogens is 2. The van der Waals surface area contributed by atoms with E-state index in [2.05, 4.69) is 59.3 Å². The Morgan fingerprint density at radius 1 is 1.04 bits per heavy atom. The van der Waals surface area contributed by atoms with Crippen molar-refractivity contribution in [3.63, 3.8) is 0 Å². The van der Waals surface area contributed by atoms with E-state index in [0.29, 0.717) is 0 Å². The number of nitrogens with zero attached hydrogens (tertiary/aromatic N) is 3. The van der Waals surface area contributed by atoms with Gasteiger partial charge in [-0.3, -0.25) is 4.98 Å². The van der Waals surface area contributed by atoms with Gasteiger partial charge in [0.1, 0.15) is 5.82 Å². The van der Waals surface area contributed by atoms with Crippen molar-refractivity contribution < 1.29 is 4.74 Å². The van der Waals surface area contributed by atoms with Crippen molar-refractivity contribution in [2.45, 2.75) is 6.92 Å². The molecule has 1 aliphatic rings. The van der Waals surface area contributed by atoms with Gasteiger partial charge in [0.05, 0.1) is 18.9 Å². The normalized spacial score (nSPS) is 15.1. The van der Waals surface area contributed by atoms with Crippen molar-refractivity contribution in [2.24, 2.45) is 0 Å². The lowest BCUT2D eigenvalue weighted by Gasteiger charge is -2.27. The fraction of sp³-hybridized carbons (Fsp3) is 0.263. The average Bonchev–Trinajstić information content (AvgIpc) is 2.63. The van der Waals surface area contributed by atoms with E-state index in [9.17, 15) is 0 Å². The molecule has 0 unspecified atom stereocenters. The molecule has 2 aromatic heterocycles. The minimum Gasteiger partial charge on any atom is -0.378 e. The van der Waals surface area contributed by atoms with Gasteiger partial charge in [-0.15, -0.1) is 0 Å². The first-order valence-electron chi connectivity index (χ1n) is 7.97. The summed E-state index contributed by atoms with van der Waals surface area (Å²) in [5.74, 6) is 1.01. The molecule has 116 valence electrons. The Labute approximate surface area is 135 Å². The molecular weight excluding hydrogens is 286 g/mol. The maximum Gasteiger partial charge on any atom is 0.128 e. The molecule has 4 heteroatoms. The zero-order valence-electron chi connectivity index (χ0n) is 13.2. The Morgan fingerprint density at radius 3 is 2.65 bits per heavy atom. The minimum atomic E-state index is 0.773. The SMILES string of the molecule is Cc1nc(-c2ccc(N3CCOCC3)nc2)cc2ccccc12. The third-order valence-electron chi connectivity index (χ3n) is 4.31. The molecule has 4 rings (SSSR count). The Balaban J connectivity index is 1.67. The first-order chi connectivity index (χ1) is 11.3. The summed E-state index contributed by atoms with van der Waals surface area (Å²) < 4.78 is 5.39. The molecule has 3 aromatic rings. The lowest BCUT2D eigenvalue weighted by molar-refractivity contribution is 0.122. The second-order valence-corrected chi connectivity index (χ2v) is 5.82. The molecule has 0 bridgehead atoms. The van der Waals surface area contributed by atoms with Gasteiger partial charge < -0.3 is 9.64 Å². The monoisotopic (exact) mass is 305 g/mol. The Morgan fingerprint density at radius 2 is 1.87 bits per heavy atom. The maximum atomic E-state index is 5.39. The van der Waals surface area contributed by atoms with Gasteiger partial charge in [0.15, 0.2) is 0 Å². The van der Waals surface area contributed by atoms with Crippen LogP contribution in [0.5, 0.6) is 0 Å². The number of morpholine rings is 1. The number of aryl methyl sites for hydroxylation is 1. The van der Waals surface area contributed by atoms with Gasteiger partial charge in [-0.1, -0.05) is 24.3 Å². The summed E-state index contributed by atoms with van der Waals surface area (Å²) in [6.45, 7) is 5.41. The standard InChI is InChI=1S/C19H19N3O/c1-14-17-5-3-2-4-15(17)12-18(21-14)16-6-7-19(20-13-16)22-8-10-23-11-9-22/h2-7,12-13H,8-11H2,1H3. The highest BCUT2D eigenvalue weighted by atomic mass is 16.5. The molecule has 0 saturated carbocycles. The molecule has 0 N–H and O–H groups in total. The predicted molar refractivity (Wildman–Crippen MR) is 92.7 cm³/mol. The van der Waals surface area contributed by atoms with Crippen molar-refractivity contribution in [3.8, 4) is 11.3 Å². The summed E-state index contributed by atoms with van der Waals surface area (Å²) in [6.07, 6.45) is 1.92. The van der Waals surface area contributed by atoms with Crippen LogP contribution in [0.3, 0.4) is 0 Å². The molecule has 1 aromatic carbocycles. The van der Waals surface area contributed by atoms with E-state index in [1.54, 1.807) is 0 Å². The Kier molecular flexibility index (Phi) is 3.67. The van der Waals surface area contributed by atoms with Crippen LogP contribution >= 0.6 is 0 Å². The highest BCUT2D eigenvalue weighted by Crippen LogP contribution is 2.25. The van der Waals surface area contributed by atoms with Gasteiger partial charge in [0, 0.05) is 35.9 Å². The summed E-state index contributed by atoms with van der Waals surface area (Å²) in [7, 11) is 0. The highest BCUT2D eigenvalue weighted by molar-refractivity contribution is 5.87. The quantitative estimate of drug-likeness (QED) is 0.727. The van der Waals surface area contributed by atoms with E-state index in [0.717, 1.165) is 49.1 Å². The second kappa shape index (κ2) is 5.97. The van der Waals surface area contributed by atoms with Gasteiger partial charge >= 0.3 is 0 Å². The lowest BCUT2D eigenvalue weighted by Crippen LogP contribution is -2.36. The molecule has 4 nitrogen and oxygen atoms in total. The van der Waals surface area contributed by atoms with E-state index >= 15 is 0 Å². The zero-order chi connectivity index (χ0) is 15.6. The average molecular weight is 305 g/mol. The molecule has 1 fully saturated rings. The minimum absolute atomic E-state index is 0.773. The molecule has 1 saturated heterocycles. The van der Waals surface area contributed by atoms with Gasteiger partial charge in [-0.05, 0) is 30.5 Å². The third kappa shape index (κ3) is 2.78. The van der Waals surface area contributed by atoms with Crippen LogP contribution in [0.15, 0.2) is 48.7 Å². The second-order valence-electron chi connectivity index (χ2n) is 5.82. The van der Waals surface area contributed by atoms with Crippen LogP contribution in [0.1, 0.15) is 5.69 Å². The van der Waals surface area contributed by atoms with Crippen molar-refractivity contribution in [3.05, 3.63) is 54.4 Å². The van der Waals surface area contributed by atoms with Crippen LogP contribution in [-0.4, -0.2) is 36.3 Å². The summed E-state index contributed by atoms with van der Waals surface area (Å²) in [4.78, 5) is 11.6. The summed E-state index contributed by atoms with van der Waals surface area (Å²) in [5.41, 5.74) is 3.08. The number of fused-ring (bicyclic) bond motifs is 1. The number of hydrogen-bond acceptors (Lipinski definition) is 4. The van der Waals surface area contributed by atoms with Gasteiger partial charge in [0.25, 0.3) is 0 Å². The van der Waals surface area contributed by atoms with E-state index < -0.39 is 0 Å². The fourth-order valence-corrected chi connectivity index (χ4v) is 3.04. The molecule has 0 radical (unpaired) electrons. The zero-order valence-corrected chi connectivity index (χ0v) is 13.2. The Hall–Kier alpha value is -2.46. The van der Waals surface area contributed by atoms with E-state index in [1.807, 2.05) is 6.20 Å².